The maximum absolute atomic E-state index is 12.4. The quantitative estimate of drug-likeness (QED) is 0.628. The number of hydrogen-bond acceptors (Lipinski definition) is 6. The Morgan fingerprint density at radius 1 is 1.07 bits per heavy atom. The first-order chi connectivity index (χ1) is 14.5. The van der Waals surface area contributed by atoms with Crippen molar-refractivity contribution in [2.75, 3.05) is 44.9 Å². The second-order valence-corrected chi connectivity index (χ2v) is 7.96. The number of thioether (sulfide) groups is 1. The summed E-state index contributed by atoms with van der Waals surface area (Å²) in [6, 6.07) is 13.1. The van der Waals surface area contributed by atoms with Crippen LogP contribution < -0.4 is 20.1 Å². The van der Waals surface area contributed by atoms with Gasteiger partial charge in [0, 0.05) is 4.90 Å². The smallest absolute Gasteiger partial charge is 0.238 e. The number of anilines is 1. The third kappa shape index (κ3) is 5.90. The van der Waals surface area contributed by atoms with Crippen molar-refractivity contribution in [3.63, 3.8) is 0 Å². The highest BCUT2D eigenvalue weighted by molar-refractivity contribution is 7.98. The topological polar surface area (TPSA) is 79.9 Å². The van der Waals surface area contributed by atoms with Crippen molar-refractivity contribution in [1.82, 2.24) is 10.2 Å². The molecule has 1 aliphatic heterocycles. The van der Waals surface area contributed by atoms with Crippen LogP contribution in [0.25, 0.3) is 0 Å². The number of hydrogen-bond donors (Lipinski definition) is 2. The first-order valence-electron chi connectivity index (χ1n) is 9.76. The molecule has 160 valence electrons. The van der Waals surface area contributed by atoms with Crippen LogP contribution in [-0.2, 0) is 9.59 Å². The molecule has 0 aromatic heterocycles. The molecule has 0 saturated heterocycles. The number of carbonyl (C=O) groups excluding carboxylic acids is 2. The van der Waals surface area contributed by atoms with E-state index in [1.807, 2.05) is 55.6 Å². The number of likely N-dealkylation sites (N-methyl/N-ethyl adjacent to an activating group) is 1. The van der Waals surface area contributed by atoms with Crippen LogP contribution in [0.3, 0.4) is 0 Å². The summed E-state index contributed by atoms with van der Waals surface area (Å²) in [5.41, 5.74) is 1.71. The van der Waals surface area contributed by atoms with Crippen LogP contribution in [0.1, 0.15) is 18.5 Å². The molecule has 8 heteroatoms. The maximum Gasteiger partial charge on any atom is 0.238 e. The summed E-state index contributed by atoms with van der Waals surface area (Å²) in [6.45, 7) is 3.21. The number of ether oxygens (including phenoxy) is 2. The second kappa shape index (κ2) is 10.4. The summed E-state index contributed by atoms with van der Waals surface area (Å²) < 4.78 is 11.1. The lowest BCUT2D eigenvalue weighted by atomic mass is 10.1. The Hall–Kier alpha value is -2.71. The minimum atomic E-state index is -0.191. The normalized spacial score (nSPS) is 13.6. The third-order valence-corrected chi connectivity index (χ3v) is 5.45. The van der Waals surface area contributed by atoms with E-state index in [1.54, 1.807) is 23.7 Å². The van der Waals surface area contributed by atoms with Gasteiger partial charge in [0.2, 0.25) is 11.8 Å². The van der Waals surface area contributed by atoms with Gasteiger partial charge in [0.05, 0.1) is 24.8 Å². The largest absolute Gasteiger partial charge is 0.486 e. The Bertz CT molecular complexity index is 906. The van der Waals surface area contributed by atoms with E-state index in [4.69, 9.17) is 9.47 Å². The number of fused-ring (bicyclic) bond motifs is 1. The molecule has 0 aliphatic carbocycles. The molecule has 0 unspecified atom stereocenters. The molecule has 0 spiro atoms. The number of nitrogens with one attached hydrogen (secondary N) is 2. The first kappa shape index (κ1) is 22.0. The molecule has 0 fully saturated rings. The molecular formula is C22H27N3O4S. The summed E-state index contributed by atoms with van der Waals surface area (Å²) in [7, 11) is 1.74. The summed E-state index contributed by atoms with van der Waals surface area (Å²) in [5.74, 6) is 1.10. The molecule has 1 atom stereocenters. The van der Waals surface area contributed by atoms with Crippen LogP contribution in [-0.4, -0.2) is 56.3 Å². The van der Waals surface area contributed by atoms with Gasteiger partial charge in [0.15, 0.2) is 11.5 Å². The van der Waals surface area contributed by atoms with Gasteiger partial charge in [0.1, 0.15) is 13.2 Å². The molecule has 2 aromatic carbocycles. The summed E-state index contributed by atoms with van der Waals surface area (Å²) in [6.07, 6.45) is 1.96. The van der Waals surface area contributed by atoms with Crippen molar-refractivity contribution in [3.05, 3.63) is 48.0 Å². The molecule has 0 saturated carbocycles. The van der Waals surface area contributed by atoms with Crippen molar-refractivity contribution >= 4 is 29.3 Å². The van der Waals surface area contributed by atoms with Crippen molar-refractivity contribution in [2.45, 2.75) is 17.9 Å². The molecule has 0 radical (unpaired) electrons. The van der Waals surface area contributed by atoms with Gasteiger partial charge in [-0.2, -0.15) is 0 Å². The lowest BCUT2D eigenvalue weighted by Gasteiger charge is -2.22. The van der Waals surface area contributed by atoms with Crippen molar-refractivity contribution in [2.24, 2.45) is 0 Å². The molecule has 2 N–H and O–H groups in total. The number of amides is 2. The van der Waals surface area contributed by atoms with E-state index >= 15 is 0 Å². The fourth-order valence-corrected chi connectivity index (χ4v) is 3.74. The Balaban J connectivity index is 1.48. The molecule has 0 bridgehead atoms. The average Bonchev–Trinajstić information content (AvgIpc) is 2.73. The van der Waals surface area contributed by atoms with Crippen molar-refractivity contribution < 1.29 is 19.1 Å². The van der Waals surface area contributed by atoms with E-state index in [0.29, 0.717) is 19.0 Å². The first-order valence-corrected chi connectivity index (χ1v) is 11.0. The standard InChI is InChI=1S/C22H27N3O4S/c1-15(16-8-9-18-19(12-16)29-11-10-28-18)23-21(26)13-25(2)14-22(27)24-17-6-4-5-7-20(17)30-3/h4-9,12,15H,10-11,13-14H2,1-3H3,(H,23,26)(H,24,27)/t15-/m1/s1. The van der Waals surface area contributed by atoms with Gasteiger partial charge in [-0.3, -0.25) is 14.5 Å². The molecular weight excluding hydrogens is 402 g/mol. The SMILES string of the molecule is CSc1ccccc1NC(=O)CN(C)CC(=O)N[C@H](C)c1ccc2c(c1)OCCO2. The van der Waals surface area contributed by atoms with Crippen LogP contribution in [0.2, 0.25) is 0 Å². The van der Waals surface area contributed by atoms with Crippen LogP contribution in [0, 0.1) is 0 Å². The minimum Gasteiger partial charge on any atom is -0.486 e. The number of nitrogens with zero attached hydrogens (tertiary/aromatic N) is 1. The second-order valence-electron chi connectivity index (χ2n) is 7.11. The van der Waals surface area contributed by atoms with Gasteiger partial charge in [-0.1, -0.05) is 18.2 Å². The van der Waals surface area contributed by atoms with Gasteiger partial charge >= 0.3 is 0 Å². The highest BCUT2D eigenvalue weighted by Crippen LogP contribution is 2.32. The minimum absolute atomic E-state index is 0.118. The lowest BCUT2D eigenvalue weighted by molar-refractivity contribution is -0.123. The predicted molar refractivity (Wildman–Crippen MR) is 118 cm³/mol. The highest BCUT2D eigenvalue weighted by Gasteiger charge is 2.17. The molecule has 1 aliphatic rings. The molecule has 7 nitrogen and oxygen atoms in total. The third-order valence-electron chi connectivity index (χ3n) is 4.65. The maximum atomic E-state index is 12.4. The van der Waals surface area contributed by atoms with Crippen LogP contribution in [0.4, 0.5) is 5.69 Å². The van der Waals surface area contributed by atoms with E-state index in [1.165, 1.54) is 0 Å². The van der Waals surface area contributed by atoms with Crippen molar-refractivity contribution in [3.8, 4) is 11.5 Å². The Morgan fingerprint density at radius 3 is 2.53 bits per heavy atom. The molecule has 2 amide bonds. The van der Waals surface area contributed by atoms with Gasteiger partial charge < -0.3 is 20.1 Å². The van der Waals surface area contributed by atoms with Crippen molar-refractivity contribution in [1.29, 1.82) is 0 Å². The van der Waals surface area contributed by atoms with E-state index in [-0.39, 0.29) is 30.9 Å². The zero-order chi connectivity index (χ0) is 21.5. The van der Waals surface area contributed by atoms with Crippen LogP contribution in [0.5, 0.6) is 11.5 Å². The van der Waals surface area contributed by atoms with Gasteiger partial charge in [-0.25, -0.2) is 0 Å². The summed E-state index contributed by atoms with van der Waals surface area (Å²) in [4.78, 5) is 27.4. The number of benzene rings is 2. The average molecular weight is 430 g/mol. The summed E-state index contributed by atoms with van der Waals surface area (Å²) in [5, 5.41) is 5.87. The molecule has 1 heterocycles. The van der Waals surface area contributed by atoms with Gasteiger partial charge in [-0.05, 0) is 50.1 Å². The fourth-order valence-electron chi connectivity index (χ4n) is 3.18. The highest BCUT2D eigenvalue weighted by atomic mass is 32.2. The van der Waals surface area contributed by atoms with Gasteiger partial charge in [-0.15, -0.1) is 11.8 Å². The van der Waals surface area contributed by atoms with E-state index in [9.17, 15) is 9.59 Å². The van der Waals surface area contributed by atoms with E-state index in [0.717, 1.165) is 21.9 Å². The van der Waals surface area contributed by atoms with Crippen LogP contribution in [0.15, 0.2) is 47.4 Å². The number of rotatable bonds is 8. The zero-order valence-electron chi connectivity index (χ0n) is 17.4. The van der Waals surface area contributed by atoms with E-state index < -0.39 is 0 Å². The number of carbonyl (C=O) groups is 2. The Morgan fingerprint density at radius 2 is 1.77 bits per heavy atom. The summed E-state index contributed by atoms with van der Waals surface area (Å²) >= 11 is 1.57. The van der Waals surface area contributed by atoms with Crippen LogP contribution >= 0.6 is 11.8 Å². The zero-order valence-corrected chi connectivity index (χ0v) is 18.3. The molecule has 30 heavy (non-hydrogen) atoms. The Kier molecular flexibility index (Phi) is 7.59. The monoisotopic (exact) mass is 429 g/mol. The number of para-hydroxylation sites is 1. The predicted octanol–water partition coefficient (Wildman–Crippen LogP) is 2.93. The molecule has 2 aromatic rings. The lowest BCUT2D eigenvalue weighted by Crippen LogP contribution is -2.39. The Labute approximate surface area is 181 Å². The fraction of sp³-hybridized carbons (Fsp3) is 0.364. The van der Waals surface area contributed by atoms with Gasteiger partial charge in [0.25, 0.3) is 0 Å². The van der Waals surface area contributed by atoms with E-state index in [2.05, 4.69) is 10.6 Å². The molecule has 3 rings (SSSR count).